The van der Waals surface area contributed by atoms with Gasteiger partial charge in [0.1, 0.15) is 0 Å². The molecule has 0 saturated carbocycles. The van der Waals surface area contributed by atoms with Gasteiger partial charge in [-0.3, -0.25) is 4.90 Å². The van der Waals surface area contributed by atoms with Gasteiger partial charge in [-0.25, -0.2) is 0 Å². The third-order valence-corrected chi connectivity index (χ3v) is 2.03. The van der Waals surface area contributed by atoms with E-state index < -0.39 is 0 Å². The van der Waals surface area contributed by atoms with Crippen molar-refractivity contribution in [2.45, 2.75) is 0 Å². The average molecular weight is 211 g/mol. The predicted octanol–water partition coefficient (Wildman–Crippen LogP) is 2.37. The van der Waals surface area contributed by atoms with Crippen LogP contribution in [0.1, 0.15) is 0 Å². The number of halogens is 1. The number of hydrogen-bond acceptors (Lipinski definition) is 2. The summed E-state index contributed by atoms with van der Waals surface area (Å²) >= 11 is 3.34. The molecule has 1 aromatic rings. The smallest absolute Gasteiger partial charge is 0.184 e. The van der Waals surface area contributed by atoms with E-state index in [1.165, 1.54) is 4.90 Å². The molecule has 2 nitrogen and oxygen atoms in total. The second kappa shape index (κ2) is 3.40. The summed E-state index contributed by atoms with van der Waals surface area (Å²) in [6.07, 6.45) is 2.03. The Morgan fingerprint density at radius 2 is 2.09 bits per heavy atom. The number of para-hydroxylation sites is 1. The van der Waals surface area contributed by atoms with E-state index in [1.807, 2.05) is 30.5 Å². The average Bonchev–Trinajstić information content (AvgIpc) is 2.04. The molecule has 0 aromatic heterocycles. The molecule has 1 rings (SSSR count). The fourth-order valence-electron chi connectivity index (χ4n) is 0.778. The second-order valence-corrected chi connectivity index (χ2v) is 2.96. The molecular formula is C8H7BrN2. The Hall–Kier alpha value is -1.01. The second-order valence-electron chi connectivity index (χ2n) is 2.11. The Labute approximate surface area is 74.2 Å². The van der Waals surface area contributed by atoms with E-state index in [9.17, 15) is 0 Å². The molecule has 0 amide bonds. The lowest BCUT2D eigenvalue weighted by Gasteiger charge is -2.09. The molecule has 3 heteroatoms. The summed E-state index contributed by atoms with van der Waals surface area (Å²) in [5.74, 6) is 0. The van der Waals surface area contributed by atoms with Crippen molar-refractivity contribution in [1.82, 2.24) is 0 Å². The minimum atomic E-state index is 0.884. The zero-order valence-electron chi connectivity index (χ0n) is 6.08. The van der Waals surface area contributed by atoms with Crippen LogP contribution in [-0.4, -0.2) is 7.05 Å². The molecule has 0 bridgehead atoms. The van der Waals surface area contributed by atoms with Gasteiger partial charge in [-0.05, 0) is 28.1 Å². The number of nitriles is 1. The first kappa shape index (κ1) is 8.09. The van der Waals surface area contributed by atoms with Gasteiger partial charge in [0.15, 0.2) is 6.19 Å². The highest BCUT2D eigenvalue weighted by molar-refractivity contribution is 9.10. The van der Waals surface area contributed by atoms with Crippen molar-refractivity contribution in [1.29, 1.82) is 5.26 Å². The van der Waals surface area contributed by atoms with Crippen molar-refractivity contribution in [2.75, 3.05) is 11.9 Å². The highest BCUT2D eigenvalue weighted by Gasteiger charge is 2.01. The molecule has 11 heavy (non-hydrogen) atoms. The van der Waals surface area contributed by atoms with Crippen molar-refractivity contribution in [2.24, 2.45) is 0 Å². The first-order valence-electron chi connectivity index (χ1n) is 3.13. The van der Waals surface area contributed by atoms with Gasteiger partial charge in [-0.15, -0.1) is 0 Å². The summed E-state index contributed by atoms with van der Waals surface area (Å²) in [4.78, 5) is 1.50. The van der Waals surface area contributed by atoms with Crippen molar-refractivity contribution in [3.63, 3.8) is 0 Å². The summed E-state index contributed by atoms with van der Waals surface area (Å²) in [7, 11) is 1.72. The molecule has 0 fully saturated rings. The van der Waals surface area contributed by atoms with Gasteiger partial charge in [0.2, 0.25) is 0 Å². The normalized spacial score (nSPS) is 8.82. The minimum Gasteiger partial charge on any atom is -0.281 e. The van der Waals surface area contributed by atoms with Crippen LogP contribution in [0.4, 0.5) is 5.69 Å². The van der Waals surface area contributed by atoms with Gasteiger partial charge in [0.05, 0.1) is 5.69 Å². The van der Waals surface area contributed by atoms with Gasteiger partial charge in [-0.1, -0.05) is 12.1 Å². The van der Waals surface area contributed by atoms with Crippen LogP contribution in [0, 0.1) is 11.5 Å². The highest BCUT2D eigenvalue weighted by atomic mass is 79.9. The summed E-state index contributed by atoms with van der Waals surface area (Å²) < 4.78 is 0.934. The number of rotatable bonds is 1. The van der Waals surface area contributed by atoms with Gasteiger partial charge in [-0.2, -0.15) is 5.26 Å². The Bertz CT molecular complexity index is 290. The van der Waals surface area contributed by atoms with E-state index >= 15 is 0 Å². The summed E-state index contributed by atoms with van der Waals surface area (Å²) in [6.45, 7) is 0. The summed E-state index contributed by atoms with van der Waals surface area (Å²) in [5.41, 5.74) is 0.884. The predicted molar refractivity (Wildman–Crippen MR) is 48.2 cm³/mol. The molecule has 0 radical (unpaired) electrons. The molecular weight excluding hydrogens is 204 g/mol. The Kier molecular flexibility index (Phi) is 2.50. The van der Waals surface area contributed by atoms with Crippen LogP contribution in [0.2, 0.25) is 0 Å². The van der Waals surface area contributed by atoms with E-state index in [-0.39, 0.29) is 0 Å². The van der Waals surface area contributed by atoms with Crippen LogP contribution in [0.3, 0.4) is 0 Å². The van der Waals surface area contributed by atoms with Crippen molar-refractivity contribution in [3.8, 4) is 6.19 Å². The summed E-state index contributed by atoms with van der Waals surface area (Å²) in [6, 6.07) is 7.60. The van der Waals surface area contributed by atoms with Crippen molar-refractivity contribution in [3.05, 3.63) is 28.7 Å². The number of hydrogen-bond donors (Lipinski definition) is 0. The Morgan fingerprint density at radius 1 is 1.45 bits per heavy atom. The Morgan fingerprint density at radius 3 is 2.64 bits per heavy atom. The van der Waals surface area contributed by atoms with Gasteiger partial charge < -0.3 is 0 Å². The van der Waals surface area contributed by atoms with Crippen molar-refractivity contribution >= 4 is 21.6 Å². The molecule has 0 spiro atoms. The number of anilines is 1. The van der Waals surface area contributed by atoms with Crippen LogP contribution in [0.25, 0.3) is 0 Å². The lowest BCUT2D eigenvalue weighted by atomic mass is 10.3. The number of benzene rings is 1. The van der Waals surface area contributed by atoms with E-state index in [1.54, 1.807) is 7.05 Å². The third kappa shape index (κ3) is 1.72. The van der Waals surface area contributed by atoms with E-state index in [0.717, 1.165) is 10.2 Å². The minimum absolute atomic E-state index is 0.884. The van der Waals surface area contributed by atoms with Crippen molar-refractivity contribution < 1.29 is 0 Å². The maximum atomic E-state index is 8.57. The first-order valence-corrected chi connectivity index (χ1v) is 3.93. The SMILES string of the molecule is CN(C#N)c1ccccc1Br. The van der Waals surface area contributed by atoms with Gasteiger partial charge >= 0.3 is 0 Å². The van der Waals surface area contributed by atoms with E-state index in [4.69, 9.17) is 5.26 Å². The Balaban J connectivity index is 3.05. The van der Waals surface area contributed by atoms with Crippen LogP contribution in [-0.2, 0) is 0 Å². The molecule has 0 saturated heterocycles. The maximum Gasteiger partial charge on any atom is 0.184 e. The third-order valence-electron chi connectivity index (χ3n) is 1.36. The zero-order valence-corrected chi connectivity index (χ0v) is 7.67. The molecule has 0 unspecified atom stereocenters. The fraction of sp³-hybridized carbons (Fsp3) is 0.125. The van der Waals surface area contributed by atoms with Gasteiger partial charge in [0.25, 0.3) is 0 Å². The molecule has 0 N–H and O–H groups in total. The lowest BCUT2D eigenvalue weighted by Crippen LogP contribution is -2.08. The zero-order chi connectivity index (χ0) is 8.27. The molecule has 56 valence electrons. The van der Waals surface area contributed by atoms with E-state index in [0.29, 0.717) is 0 Å². The molecule has 0 heterocycles. The van der Waals surface area contributed by atoms with Gasteiger partial charge in [0, 0.05) is 11.5 Å². The molecule has 0 atom stereocenters. The number of nitrogens with zero attached hydrogens (tertiary/aromatic N) is 2. The molecule has 0 aliphatic heterocycles. The van der Waals surface area contributed by atoms with Crippen LogP contribution in [0.15, 0.2) is 28.7 Å². The quantitative estimate of drug-likeness (QED) is 0.526. The maximum absolute atomic E-state index is 8.57. The molecule has 0 aliphatic carbocycles. The van der Waals surface area contributed by atoms with Crippen LogP contribution >= 0.6 is 15.9 Å². The first-order chi connectivity index (χ1) is 5.25. The topological polar surface area (TPSA) is 27.0 Å². The lowest BCUT2D eigenvalue weighted by molar-refractivity contribution is 1.20. The van der Waals surface area contributed by atoms with Crippen LogP contribution in [0.5, 0.6) is 0 Å². The molecule has 1 aromatic carbocycles. The monoisotopic (exact) mass is 210 g/mol. The fourth-order valence-corrected chi connectivity index (χ4v) is 1.33. The molecule has 0 aliphatic rings. The largest absolute Gasteiger partial charge is 0.281 e. The highest BCUT2D eigenvalue weighted by Crippen LogP contribution is 2.23. The standard InChI is InChI=1S/C8H7BrN2/c1-11(6-10)8-5-3-2-4-7(8)9/h2-5H,1H3. The van der Waals surface area contributed by atoms with Crippen LogP contribution < -0.4 is 4.90 Å². The summed E-state index contributed by atoms with van der Waals surface area (Å²) in [5, 5.41) is 8.57. The van der Waals surface area contributed by atoms with E-state index in [2.05, 4.69) is 15.9 Å².